The van der Waals surface area contributed by atoms with Gasteiger partial charge in [-0.25, -0.2) is 4.98 Å². The number of anilines is 1. The van der Waals surface area contributed by atoms with E-state index in [1.807, 2.05) is 0 Å². The van der Waals surface area contributed by atoms with Crippen molar-refractivity contribution in [3.8, 4) is 0 Å². The summed E-state index contributed by atoms with van der Waals surface area (Å²) in [6.07, 6.45) is 1.30. The average molecular weight is 358 g/mol. The Morgan fingerprint density at radius 3 is 2.80 bits per heavy atom. The minimum atomic E-state index is -0.548. The second-order valence-electron chi connectivity index (χ2n) is 5.57. The summed E-state index contributed by atoms with van der Waals surface area (Å²) in [5, 5.41) is 15.5. The van der Waals surface area contributed by atoms with Crippen molar-refractivity contribution in [2.45, 2.75) is 20.4 Å². The van der Waals surface area contributed by atoms with Crippen molar-refractivity contribution in [1.29, 1.82) is 0 Å². The maximum Gasteiger partial charge on any atom is 0.293 e. The van der Waals surface area contributed by atoms with Crippen molar-refractivity contribution in [2.24, 2.45) is 0 Å². The molecule has 2 aromatic heterocycles. The number of fused-ring (bicyclic) bond motifs is 1. The molecular weight excluding hydrogens is 344 g/mol. The monoisotopic (exact) mass is 358 g/mol. The van der Waals surface area contributed by atoms with Crippen molar-refractivity contribution in [3.63, 3.8) is 0 Å². The molecule has 3 rings (SSSR count). The van der Waals surface area contributed by atoms with Gasteiger partial charge in [0.15, 0.2) is 0 Å². The number of nitro groups is 1. The van der Waals surface area contributed by atoms with Gasteiger partial charge in [0.1, 0.15) is 16.9 Å². The number of hydrogen-bond acceptors (Lipinski definition) is 6. The van der Waals surface area contributed by atoms with Crippen molar-refractivity contribution >= 4 is 38.8 Å². The molecule has 0 saturated heterocycles. The SMILES string of the molecule is Cc1cc(NC(=O)Cn2cnc3ccsc3c2=O)c([N+](=O)[O-])cc1C. The molecule has 0 spiro atoms. The van der Waals surface area contributed by atoms with E-state index in [2.05, 4.69) is 10.3 Å². The molecule has 128 valence electrons. The van der Waals surface area contributed by atoms with E-state index in [4.69, 9.17) is 0 Å². The summed E-state index contributed by atoms with van der Waals surface area (Å²) in [6.45, 7) is 3.28. The van der Waals surface area contributed by atoms with Gasteiger partial charge in [0.25, 0.3) is 11.2 Å². The van der Waals surface area contributed by atoms with Gasteiger partial charge >= 0.3 is 0 Å². The molecule has 2 heterocycles. The van der Waals surface area contributed by atoms with Gasteiger partial charge in [0.05, 0.1) is 16.8 Å². The smallest absolute Gasteiger partial charge is 0.293 e. The number of nitrogens with zero attached hydrogens (tertiary/aromatic N) is 3. The number of aromatic nitrogens is 2. The molecule has 1 aromatic carbocycles. The number of aryl methyl sites for hydroxylation is 2. The molecule has 0 saturated carbocycles. The molecule has 0 aliphatic carbocycles. The molecule has 0 aliphatic heterocycles. The number of amides is 1. The Labute approximate surface area is 145 Å². The van der Waals surface area contributed by atoms with E-state index < -0.39 is 10.8 Å². The predicted octanol–water partition coefficient (Wildman–Crippen LogP) is 2.62. The van der Waals surface area contributed by atoms with Crippen molar-refractivity contribution in [2.75, 3.05) is 5.32 Å². The molecule has 0 aliphatic rings. The van der Waals surface area contributed by atoms with Crippen LogP contribution in [0.4, 0.5) is 11.4 Å². The first-order valence-electron chi connectivity index (χ1n) is 7.35. The number of nitro benzene ring substituents is 1. The standard InChI is InChI=1S/C16H14N4O4S/c1-9-5-12(13(20(23)24)6-10(9)2)18-14(21)7-19-8-17-11-3-4-25-15(11)16(19)22/h3-6,8H,7H2,1-2H3,(H,18,21). The van der Waals surface area contributed by atoms with Crippen LogP contribution in [0.1, 0.15) is 11.1 Å². The first-order chi connectivity index (χ1) is 11.9. The normalized spacial score (nSPS) is 10.8. The van der Waals surface area contributed by atoms with Gasteiger partial charge in [-0.15, -0.1) is 11.3 Å². The van der Waals surface area contributed by atoms with E-state index in [1.54, 1.807) is 31.4 Å². The maximum absolute atomic E-state index is 12.3. The van der Waals surface area contributed by atoms with E-state index in [0.717, 1.165) is 11.1 Å². The van der Waals surface area contributed by atoms with Crippen LogP contribution in [0.25, 0.3) is 10.2 Å². The second kappa shape index (κ2) is 6.44. The van der Waals surface area contributed by atoms with E-state index >= 15 is 0 Å². The van der Waals surface area contributed by atoms with Crippen LogP contribution in [0.3, 0.4) is 0 Å². The lowest BCUT2D eigenvalue weighted by Crippen LogP contribution is -2.27. The summed E-state index contributed by atoms with van der Waals surface area (Å²) in [7, 11) is 0. The first kappa shape index (κ1) is 16.8. The first-order valence-corrected chi connectivity index (χ1v) is 8.23. The summed E-state index contributed by atoms with van der Waals surface area (Å²) in [5.41, 5.74) is 1.76. The zero-order valence-electron chi connectivity index (χ0n) is 13.5. The Morgan fingerprint density at radius 1 is 1.36 bits per heavy atom. The van der Waals surface area contributed by atoms with Crippen LogP contribution in [-0.2, 0) is 11.3 Å². The van der Waals surface area contributed by atoms with Crippen molar-refractivity contribution < 1.29 is 9.72 Å². The van der Waals surface area contributed by atoms with Crippen molar-refractivity contribution in [3.05, 3.63) is 61.5 Å². The fourth-order valence-electron chi connectivity index (χ4n) is 2.39. The topological polar surface area (TPSA) is 107 Å². The van der Waals surface area contributed by atoms with Crippen LogP contribution < -0.4 is 10.9 Å². The number of rotatable bonds is 4. The Kier molecular flexibility index (Phi) is 4.32. The third-order valence-electron chi connectivity index (χ3n) is 3.83. The molecule has 8 nitrogen and oxygen atoms in total. The van der Waals surface area contributed by atoms with Gasteiger partial charge in [-0.2, -0.15) is 0 Å². The Hall–Kier alpha value is -3.07. The Bertz CT molecular complexity index is 1050. The van der Waals surface area contributed by atoms with Gasteiger partial charge in [-0.1, -0.05) is 0 Å². The van der Waals surface area contributed by atoms with Gasteiger partial charge < -0.3 is 5.32 Å². The third kappa shape index (κ3) is 3.26. The minimum Gasteiger partial charge on any atom is -0.319 e. The molecule has 0 unspecified atom stereocenters. The highest BCUT2D eigenvalue weighted by Gasteiger charge is 2.18. The van der Waals surface area contributed by atoms with Crippen LogP contribution in [0.5, 0.6) is 0 Å². The van der Waals surface area contributed by atoms with E-state index in [1.165, 1.54) is 28.3 Å². The van der Waals surface area contributed by atoms with Crippen LogP contribution in [0.2, 0.25) is 0 Å². The maximum atomic E-state index is 12.3. The second-order valence-corrected chi connectivity index (χ2v) is 6.49. The lowest BCUT2D eigenvalue weighted by atomic mass is 10.1. The molecule has 3 aromatic rings. The molecule has 25 heavy (non-hydrogen) atoms. The largest absolute Gasteiger partial charge is 0.319 e. The van der Waals surface area contributed by atoms with Crippen molar-refractivity contribution in [1.82, 2.24) is 9.55 Å². The zero-order valence-corrected chi connectivity index (χ0v) is 14.3. The highest BCUT2D eigenvalue weighted by Crippen LogP contribution is 2.27. The van der Waals surface area contributed by atoms with Crippen LogP contribution in [0, 0.1) is 24.0 Å². The molecule has 0 radical (unpaired) electrons. The number of benzene rings is 1. The molecule has 0 atom stereocenters. The average Bonchev–Trinajstić information content (AvgIpc) is 3.02. The van der Waals surface area contributed by atoms with Gasteiger partial charge in [-0.05, 0) is 42.5 Å². The number of thiophene rings is 1. The lowest BCUT2D eigenvalue weighted by molar-refractivity contribution is -0.384. The highest BCUT2D eigenvalue weighted by atomic mass is 32.1. The summed E-state index contributed by atoms with van der Waals surface area (Å²) < 4.78 is 1.65. The zero-order chi connectivity index (χ0) is 18.1. The van der Waals surface area contributed by atoms with E-state index in [9.17, 15) is 19.7 Å². The number of hydrogen-bond donors (Lipinski definition) is 1. The number of nitrogens with one attached hydrogen (secondary N) is 1. The Morgan fingerprint density at radius 2 is 2.08 bits per heavy atom. The lowest BCUT2D eigenvalue weighted by Gasteiger charge is -2.10. The fourth-order valence-corrected chi connectivity index (χ4v) is 3.18. The molecule has 1 N–H and O–H groups in total. The van der Waals surface area contributed by atoms with E-state index in [0.29, 0.717) is 10.2 Å². The summed E-state index contributed by atoms with van der Waals surface area (Å²) in [5.74, 6) is -0.536. The van der Waals surface area contributed by atoms with E-state index in [-0.39, 0.29) is 23.5 Å². The highest BCUT2D eigenvalue weighted by molar-refractivity contribution is 7.17. The Balaban J connectivity index is 1.87. The molecule has 0 fully saturated rings. The molecule has 9 heteroatoms. The van der Waals surface area contributed by atoms with Crippen LogP contribution in [0.15, 0.2) is 34.7 Å². The molecule has 0 bridgehead atoms. The number of carbonyl (C=O) groups excluding carboxylic acids is 1. The molecular formula is C16H14N4O4S. The quantitative estimate of drug-likeness (QED) is 0.570. The third-order valence-corrected chi connectivity index (χ3v) is 4.72. The van der Waals surface area contributed by atoms with Gasteiger partial charge in [0, 0.05) is 6.07 Å². The molecule has 1 amide bonds. The fraction of sp³-hybridized carbons (Fsp3) is 0.188. The van der Waals surface area contributed by atoms with Crippen LogP contribution >= 0.6 is 11.3 Å². The van der Waals surface area contributed by atoms with Gasteiger partial charge in [-0.3, -0.25) is 24.3 Å². The summed E-state index contributed by atoms with van der Waals surface area (Å²) >= 11 is 1.25. The van der Waals surface area contributed by atoms with Crippen LogP contribution in [-0.4, -0.2) is 20.4 Å². The van der Waals surface area contributed by atoms with Gasteiger partial charge in [0.2, 0.25) is 5.91 Å². The predicted molar refractivity (Wildman–Crippen MR) is 95.1 cm³/mol. The summed E-state index contributed by atoms with van der Waals surface area (Å²) in [4.78, 5) is 39.3. The summed E-state index contributed by atoms with van der Waals surface area (Å²) in [6, 6.07) is 4.69. The number of carbonyl (C=O) groups is 1. The minimum absolute atomic E-state index is 0.108.